The Labute approximate surface area is 174 Å². The zero-order valence-corrected chi connectivity index (χ0v) is 17.4. The van der Waals surface area contributed by atoms with Crippen LogP contribution in [-0.2, 0) is 24.1 Å². The van der Waals surface area contributed by atoms with E-state index in [-0.39, 0.29) is 5.56 Å². The van der Waals surface area contributed by atoms with Crippen molar-refractivity contribution < 1.29 is 4.74 Å². The minimum absolute atomic E-state index is 0.0349. The maximum absolute atomic E-state index is 13.4. The first-order valence-corrected chi connectivity index (χ1v) is 10.5. The SMILES string of the molecule is COCCn1c(SCc2ccccc2)nc2c(-c3ccccc3)cn(C)c2c1=O. The topological polar surface area (TPSA) is 49.0 Å². The second kappa shape index (κ2) is 8.68. The predicted molar refractivity (Wildman–Crippen MR) is 118 cm³/mol. The van der Waals surface area contributed by atoms with E-state index >= 15 is 0 Å². The Morgan fingerprint density at radius 2 is 1.72 bits per heavy atom. The van der Waals surface area contributed by atoms with Crippen LogP contribution < -0.4 is 5.56 Å². The van der Waals surface area contributed by atoms with E-state index in [9.17, 15) is 4.79 Å². The molecule has 4 aromatic rings. The van der Waals surface area contributed by atoms with E-state index in [0.29, 0.717) is 23.8 Å². The van der Waals surface area contributed by atoms with Crippen molar-refractivity contribution in [3.8, 4) is 11.1 Å². The van der Waals surface area contributed by atoms with Gasteiger partial charge in [0, 0.05) is 31.7 Å². The quantitative estimate of drug-likeness (QED) is 0.339. The fraction of sp³-hybridized carbons (Fsp3) is 0.217. The Morgan fingerprint density at radius 3 is 2.41 bits per heavy atom. The van der Waals surface area contributed by atoms with E-state index in [2.05, 4.69) is 12.1 Å². The van der Waals surface area contributed by atoms with Crippen LogP contribution in [0.2, 0.25) is 0 Å². The van der Waals surface area contributed by atoms with E-state index in [4.69, 9.17) is 9.72 Å². The largest absolute Gasteiger partial charge is 0.383 e. The lowest BCUT2D eigenvalue weighted by Gasteiger charge is -2.12. The van der Waals surface area contributed by atoms with Gasteiger partial charge in [-0.15, -0.1) is 0 Å². The fourth-order valence-electron chi connectivity index (χ4n) is 3.39. The highest BCUT2D eigenvalue weighted by Gasteiger charge is 2.18. The van der Waals surface area contributed by atoms with E-state index in [1.807, 2.05) is 66.3 Å². The molecule has 5 nitrogen and oxygen atoms in total. The van der Waals surface area contributed by atoms with Crippen LogP contribution in [0.25, 0.3) is 22.2 Å². The molecule has 2 aromatic heterocycles. The Kier molecular flexibility index (Phi) is 5.83. The van der Waals surface area contributed by atoms with Crippen LogP contribution in [0.15, 0.2) is 76.8 Å². The summed E-state index contributed by atoms with van der Waals surface area (Å²) in [6.45, 7) is 0.934. The van der Waals surface area contributed by atoms with Gasteiger partial charge >= 0.3 is 0 Å². The van der Waals surface area contributed by atoms with Gasteiger partial charge in [-0.3, -0.25) is 9.36 Å². The number of hydrogen-bond acceptors (Lipinski definition) is 4. The molecular formula is C23H23N3O2S. The molecule has 0 atom stereocenters. The summed E-state index contributed by atoms with van der Waals surface area (Å²) in [6.07, 6.45) is 1.99. The van der Waals surface area contributed by atoms with E-state index in [1.165, 1.54) is 5.56 Å². The third-order valence-corrected chi connectivity index (χ3v) is 5.90. The van der Waals surface area contributed by atoms with Crippen LogP contribution in [0.5, 0.6) is 0 Å². The maximum Gasteiger partial charge on any atom is 0.278 e. The minimum atomic E-state index is -0.0349. The molecule has 29 heavy (non-hydrogen) atoms. The number of nitrogens with zero attached hydrogens (tertiary/aromatic N) is 3. The molecule has 0 unspecified atom stereocenters. The van der Waals surface area contributed by atoms with Gasteiger partial charge in [0.1, 0.15) is 11.0 Å². The molecule has 0 aliphatic heterocycles. The Balaban J connectivity index is 1.84. The van der Waals surface area contributed by atoms with Crippen LogP contribution in [0.3, 0.4) is 0 Å². The second-order valence-electron chi connectivity index (χ2n) is 6.84. The monoisotopic (exact) mass is 405 g/mol. The molecule has 148 valence electrons. The van der Waals surface area contributed by atoms with Gasteiger partial charge in [0.2, 0.25) is 0 Å². The van der Waals surface area contributed by atoms with Crippen molar-refractivity contribution in [1.29, 1.82) is 0 Å². The molecule has 4 rings (SSSR count). The average molecular weight is 406 g/mol. The number of aromatic nitrogens is 3. The van der Waals surface area contributed by atoms with Gasteiger partial charge in [0.05, 0.1) is 13.2 Å². The van der Waals surface area contributed by atoms with Crippen molar-refractivity contribution in [3.63, 3.8) is 0 Å². The highest BCUT2D eigenvalue weighted by atomic mass is 32.2. The maximum atomic E-state index is 13.4. The number of aryl methyl sites for hydroxylation is 1. The molecule has 0 aliphatic carbocycles. The standard InChI is InChI=1S/C23H23N3O2S/c1-25-15-19(18-11-7-4-8-12-18)20-21(25)22(27)26(13-14-28-2)23(24-20)29-16-17-9-5-3-6-10-17/h3-12,15H,13-14,16H2,1-2H3. The predicted octanol–water partition coefficient (Wildman–Crippen LogP) is 4.34. The summed E-state index contributed by atoms with van der Waals surface area (Å²) in [6, 6.07) is 20.3. The molecule has 0 aliphatic rings. The molecule has 6 heteroatoms. The average Bonchev–Trinajstić information content (AvgIpc) is 3.09. The lowest BCUT2D eigenvalue weighted by molar-refractivity contribution is 0.183. The highest BCUT2D eigenvalue weighted by Crippen LogP contribution is 2.30. The summed E-state index contributed by atoms with van der Waals surface area (Å²) < 4.78 is 8.84. The number of ether oxygens (including phenoxy) is 1. The lowest BCUT2D eigenvalue weighted by Crippen LogP contribution is -2.26. The number of rotatable bonds is 7. The molecule has 0 spiro atoms. The van der Waals surface area contributed by atoms with Crippen LogP contribution in [0.1, 0.15) is 5.56 Å². The molecular weight excluding hydrogens is 382 g/mol. The van der Waals surface area contributed by atoms with Gasteiger partial charge in [-0.2, -0.15) is 0 Å². The number of thioether (sulfide) groups is 1. The van der Waals surface area contributed by atoms with Gasteiger partial charge in [-0.05, 0) is 11.1 Å². The van der Waals surface area contributed by atoms with E-state index < -0.39 is 0 Å². The van der Waals surface area contributed by atoms with Crippen molar-refractivity contribution in [3.05, 3.63) is 82.8 Å². The van der Waals surface area contributed by atoms with Crippen molar-refractivity contribution in [1.82, 2.24) is 14.1 Å². The van der Waals surface area contributed by atoms with Crippen LogP contribution >= 0.6 is 11.8 Å². The van der Waals surface area contributed by atoms with E-state index in [1.54, 1.807) is 23.4 Å². The van der Waals surface area contributed by atoms with Crippen LogP contribution in [0, 0.1) is 0 Å². The van der Waals surface area contributed by atoms with Crippen LogP contribution in [-0.4, -0.2) is 27.8 Å². The smallest absolute Gasteiger partial charge is 0.278 e. The lowest BCUT2D eigenvalue weighted by atomic mass is 10.1. The number of fused-ring (bicyclic) bond motifs is 1. The third-order valence-electron chi connectivity index (χ3n) is 4.86. The Bertz CT molecular complexity index is 1170. The molecule has 0 saturated carbocycles. The van der Waals surface area contributed by atoms with Gasteiger partial charge in [0.15, 0.2) is 5.16 Å². The Morgan fingerprint density at radius 1 is 1.03 bits per heavy atom. The van der Waals surface area contributed by atoms with E-state index in [0.717, 1.165) is 22.4 Å². The summed E-state index contributed by atoms with van der Waals surface area (Å²) in [5.41, 5.74) is 4.55. The zero-order valence-electron chi connectivity index (χ0n) is 16.5. The first kappa shape index (κ1) is 19.5. The molecule has 0 fully saturated rings. The molecule has 0 radical (unpaired) electrons. The summed E-state index contributed by atoms with van der Waals surface area (Å²) in [5, 5.41) is 0.715. The number of hydrogen-bond donors (Lipinski definition) is 0. The number of methoxy groups -OCH3 is 1. The first-order chi connectivity index (χ1) is 14.2. The molecule has 0 amide bonds. The van der Waals surface area contributed by atoms with Crippen molar-refractivity contribution in [2.45, 2.75) is 17.5 Å². The normalized spacial score (nSPS) is 11.2. The summed E-state index contributed by atoms with van der Waals surface area (Å²) in [7, 11) is 3.54. The summed E-state index contributed by atoms with van der Waals surface area (Å²) in [4.78, 5) is 18.3. The molecule has 2 aromatic carbocycles. The fourth-order valence-corrected chi connectivity index (χ4v) is 4.37. The second-order valence-corrected chi connectivity index (χ2v) is 7.78. The summed E-state index contributed by atoms with van der Waals surface area (Å²) in [5.74, 6) is 0.749. The molecule has 0 bridgehead atoms. The van der Waals surface area contributed by atoms with Gasteiger partial charge in [-0.1, -0.05) is 72.4 Å². The van der Waals surface area contributed by atoms with Crippen LogP contribution in [0.4, 0.5) is 0 Å². The molecule has 0 saturated heterocycles. The highest BCUT2D eigenvalue weighted by molar-refractivity contribution is 7.98. The zero-order chi connectivity index (χ0) is 20.2. The minimum Gasteiger partial charge on any atom is -0.383 e. The number of benzene rings is 2. The third kappa shape index (κ3) is 3.99. The molecule has 2 heterocycles. The van der Waals surface area contributed by atoms with Crippen molar-refractivity contribution in [2.24, 2.45) is 7.05 Å². The Hall–Kier alpha value is -2.83. The van der Waals surface area contributed by atoms with Gasteiger partial charge in [-0.25, -0.2) is 4.98 Å². The van der Waals surface area contributed by atoms with Gasteiger partial charge < -0.3 is 9.30 Å². The van der Waals surface area contributed by atoms with Gasteiger partial charge in [0.25, 0.3) is 5.56 Å². The molecule has 0 N–H and O–H groups in total. The first-order valence-electron chi connectivity index (χ1n) is 9.50. The summed E-state index contributed by atoms with van der Waals surface area (Å²) >= 11 is 1.58. The van der Waals surface area contributed by atoms with Crippen molar-refractivity contribution in [2.75, 3.05) is 13.7 Å². The van der Waals surface area contributed by atoms with Crippen molar-refractivity contribution >= 4 is 22.8 Å².